The highest BCUT2D eigenvalue weighted by atomic mass is 16.6. The predicted molar refractivity (Wildman–Crippen MR) is 91.4 cm³/mol. The van der Waals surface area contributed by atoms with Gasteiger partial charge in [0, 0.05) is 12.1 Å². The molecule has 132 valence electrons. The smallest absolute Gasteiger partial charge is 0.310 e. The summed E-state index contributed by atoms with van der Waals surface area (Å²) in [5, 5.41) is 13.7. The van der Waals surface area contributed by atoms with Crippen LogP contribution >= 0.6 is 0 Å². The van der Waals surface area contributed by atoms with Gasteiger partial charge in [0.2, 0.25) is 0 Å². The first-order valence-corrected chi connectivity index (χ1v) is 7.39. The Labute approximate surface area is 144 Å². The van der Waals surface area contributed by atoms with E-state index in [2.05, 4.69) is 5.32 Å². The van der Waals surface area contributed by atoms with Crippen LogP contribution in [0.3, 0.4) is 0 Å². The van der Waals surface area contributed by atoms with Crippen LogP contribution in [0.15, 0.2) is 42.5 Å². The van der Waals surface area contributed by atoms with Gasteiger partial charge in [-0.3, -0.25) is 14.9 Å². The maximum Gasteiger partial charge on any atom is 0.310 e. The second kappa shape index (κ2) is 8.00. The maximum absolute atomic E-state index is 12.4. The molecule has 0 unspecified atom stereocenters. The van der Waals surface area contributed by atoms with Crippen LogP contribution in [-0.2, 0) is 4.79 Å². The number of nitrogens with one attached hydrogen (secondary N) is 1. The summed E-state index contributed by atoms with van der Waals surface area (Å²) in [7, 11) is 2.98. The minimum Gasteiger partial charge on any atom is -0.497 e. The summed E-state index contributed by atoms with van der Waals surface area (Å²) in [6.07, 6.45) is -0.961. The Morgan fingerprint density at radius 2 is 1.84 bits per heavy atom. The number of hydrogen-bond donors (Lipinski definition) is 1. The first-order chi connectivity index (χ1) is 12.0. The normalized spacial score (nSPS) is 11.3. The molecule has 8 nitrogen and oxygen atoms in total. The Hall–Kier alpha value is -3.29. The van der Waals surface area contributed by atoms with Gasteiger partial charge in [-0.1, -0.05) is 12.1 Å². The van der Waals surface area contributed by atoms with Gasteiger partial charge in [0.05, 0.1) is 24.8 Å². The van der Waals surface area contributed by atoms with E-state index in [9.17, 15) is 14.9 Å². The van der Waals surface area contributed by atoms with Crippen molar-refractivity contribution in [2.45, 2.75) is 13.0 Å². The number of rotatable bonds is 7. The van der Waals surface area contributed by atoms with Gasteiger partial charge >= 0.3 is 5.69 Å². The predicted octanol–water partition coefficient (Wildman–Crippen LogP) is 3.02. The maximum atomic E-state index is 12.4. The molecule has 0 aliphatic carbocycles. The van der Waals surface area contributed by atoms with Gasteiger partial charge < -0.3 is 19.5 Å². The molecule has 0 heterocycles. The molecule has 2 aromatic carbocycles. The van der Waals surface area contributed by atoms with Gasteiger partial charge in [-0.25, -0.2) is 0 Å². The summed E-state index contributed by atoms with van der Waals surface area (Å²) >= 11 is 0. The average Bonchev–Trinajstić information content (AvgIpc) is 2.61. The molecule has 1 atom stereocenters. The number of carbonyl (C=O) groups is 1. The Morgan fingerprint density at radius 3 is 2.48 bits per heavy atom. The molecule has 0 aliphatic heterocycles. The third kappa shape index (κ3) is 4.37. The van der Waals surface area contributed by atoms with Crippen LogP contribution in [0.5, 0.6) is 17.2 Å². The zero-order valence-corrected chi connectivity index (χ0v) is 14.0. The second-order valence-electron chi connectivity index (χ2n) is 5.04. The first kappa shape index (κ1) is 18.1. The SMILES string of the molecule is COc1ccc(OC)c(NC(=O)[C@@H](C)Oc2ccccc2[N+](=O)[O-])c1. The molecule has 0 bridgehead atoms. The lowest BCUT2D eigenvalue weighted by Crippen LogP contribution is -2.30. The van der Waals surface area contributed by atoms with E-state index in [1.54, 1.807) is 24.3 Å². The number of nitrogens with zero attached hydrogens (tertiary/aromatic N) is 1. The number of benzene rings is 2. The minimum atomic E-state index is -0.961. The van der Waals surface area contributed by atoms with Crippen molar-refractivity contribution < 1.29 is 23.9 Å². The highest BCUT2D eigenvalue weighted by molar-refractivity contribution is 5.95. The number of methoxy groups -OCH3 is 2. The van der Waals surface area contributed by atoms with Crippen LogP contribution in [0.4, 0.5) is 11.4 Å². The summed E-state index contributed by atoms with van der Waals surface area (Å²) in [4.78, 5) is 22.8. The molecule has 0 aliphatic rings. The molecule has 2 rings (SSSR count). The van der Waals surface area contributed by atoms with E-state index in [0.29, 0.717) is 17.2 Å². The Kier molecular flexibility index (Phi) is 5.78. The summed E-state index contributed by atoms with van der Waals surface area (Å²) in [5.74, 6) is 0.535. The third-order valence-corrected chi connectivity index (χ3v) is 3.40. The van der Waals surface area contributed by atoms with Crippen LogP contribution in [-0.4, -0.2) is 31.2 Å². The van der Waals surface area contributed by atoms with E-state index in [0.717, 1.165) is 0 Å². The second-order valence-corrected chi connectivity index (χ2v) is 5.04. The molecule has 0 fully saturated rings. The van der Waals surface area contributed by atoms with Gasteiger partial charge in [-0.2, -0.15) is 0 Å². The lowest BCUT2D eigenvalue weighted by atomic mass is 10.2. The van der Waals surface area contributed by atoms with Crippen LogP contribution < -0.4 is 19.5 Å². The number of anilines is 1. The number of para-hydroxylation sites is 2. The third-order valence-electron chi connectivity index (χ3n) is 3.40. The van der Waals surface area contributed by atoms with Crippen LogP contribution in [0.1, 0.15) is 6.92 Å². The molecule has 1 amide bonds. The van der Waals surface area contributed by atoms with Crippen molar-refractivity contribution >= 4 is 17.3 Å². The molecule has 25 heavy (non-hydrogen) atoms. The molecule has 1 N–H and O–H groups in total. The monoisotopic (exact) mass is 346 g/mol. The molecular formula is C17H18N2O6. The molecular weight excluding hydrogens is 328 g/mol. The molecule has 0 saturated carbocycles. The molecule has 2 aromatic rings. The highest BCUT2D eigenvalue weighted by Gasteiger charge is 2.21. The summed E-state index contributed by atoms with van der Waals surface area (Å²) in [5.41, 5.74) is 0.200. The lowest BCUT2D eigenvalue weighted by molar-refractivity contribution is -0.386. The molecule has 0 aromatic heterocycles. The number of nitro groups is 1. The number of amides is 1. The molecule has 0 saturated heterocycles. The van der Waals surface area contributed by atoms with E-state index in [-0.39, 0.29) is 11.4 Å². The molecule has 8 heteroatoms. The topological polar surface area (TPSA) is 99.9 Å². The first-order valence-electron chi connectivity index (χ1n) is 7.39. The van der Waals surface area contributed by atoms with Gasteiger partial charge in [0.15, 0.2) is 11.9 Å². The number of carbonyl (C=O) groups excluding carboxylic acids is 1. The van der Waals surface area contributed by atoms with Crippen molar-refractivity contribution in [2.75, 3.05) is 19.5 Å². The summed E-state index contributed by atoms with van der Waals surface area (Å²) < 4.78 is 15.8. The average molecular weight is 346 g/mol. The number of hydrogen-bond acceptors (Lipinski definition) is 6. The number of nitro benzene ring substituents is 1. The Morgan fingerprint density at radius 1 is 1.12 bits per heavy atom. The van der Waals surface area contributed by atoms with Crippen molar-refractivity contribution in [2.24, 2.45) is 0 Å². The van der Waals surface area contributed by atoms with E-state index in [4.69, 9.17) is 14.2 Å². The summed E-state index contributed by atoms with van der Waals surface area (Å²) in [6, 6.07) is 10.8. The molecule has 0 spiro atoms. The van der Waals surface area contributed by atoms with Crippen molar-refractivity contribution in [3.63, 3.8) is 0 Å². The summed E-state index contributed by atoms with van der Waals surface area (Å²) in [6.45, 7) is 1.50. The van der Waals surface area contributed by atoms with Crippen LogP contribution in [0, 0.1) is 10.1 Å². The van der Waals surface area contributed by atoms with Gasteiger partial charge in [-0.15, -0.1) is 0 Å². The quantitative estimate of drug-likeness (QED) is 0.611. The van der Waals surface area contributed by atoms with Gasteiger partial charge in [0.1, 0.15) is 11.5 Å². The van der Waals surface area contributed by atoms with Crippen molar-refractivity contribution in [1.82, 2.24) is 0 Å². The fourth-order valence-electron chi connectivity index (χ4n) is 2.10. The van der Waals surface area contributed by atoms with E-state index in [1.807, 2.05) is 0 Å². The van der Waals surface area contributed by atoms with Crippen LogP contribution in [0.2, 0.25) is 0 Å². The van der Waals surface area contributed by atoms with E-state index in [1.165, 1.54) is 39.3 Å². The zero-order valence-electron chi connectivity index (χ0n) is 14.0. The zero-order chi connectivity index (χ0) is 18.4. The number of ether oxygens (including phenoxy) is 3. The fraction of sp³-hybridized carbons (Fsp3) is 0.235. The van der Waals surface area contributed by atoms with Gasteiger partial charge in [0.25, 0.3) is 5.91 Å². The molecule has 0 radical (unpaired) electrons. The largest absolute Gasteiger partial charge is 0.497 e. The van der Waals surface area contributed by atoms with Crippen molar-refractivity contribution in [3.8, 4) is 17.2 Å². The fourth-order valence-corrected chi connectivity index (χ4v) is 2.10. The van der Waals surface area contributed by atoms with E-state index < -0.39 is 16.9 Å². The van der Waals surface area contributed by atoms with Crippen molar-refractivity contribution in [1.29, 1.82) is 0 Å². The minimum absolute atomic E-state index is 0.0211. The Balaban J connectivity index is 2.15. The van der Waals surface area contributed by atoms with Crippen molar-refractivity contribution in [3.05, 3.63) is 52.6 Å². The lowest BCUT2D eigenvalue weighted by Gasteiger charge is -2.16. The van der Waals surface area contributed by atoms with E-state index >= 15 is 0 Å². The Bertz CT molecular complexity index is 777. The highest BCUT2D eigenvalue weighted by Crippen LogP contribution is 2.30. The standard InChI is InChI=1S/C17H18N2O6/c1-11(25-16-7-5-4-6-14(16)19(21)22)17(20)18-13-10-12(23-2)8-9-15(13)24-3/h4-11H,1-3H3,(H,18,20)/t11-/m1/s1. The van der Waals surface area contributed by atoms with Crippen LogP contribution in [0.25, 0.3) is 0 Å². The van der Waals surface area contributed by atoms with Gasteiger partial charge in [-0.05, 0) is 25.1 Å².